The van der Waals surface area contributed by atoms with Crippen molar-refractivity contribution in [3.63, 3.8) is 0 Å². The van der Waals surface area contributed by atoms with Gasteiger partial charge in [0.2, 0.25) is 0 Å². The molecule has 20 heavy (non-hydrogen) atoms. The Morgan fingerprint density at radius 2 is 2.30 bits per heavy atom. The van der Waals surface area contributed by atoms with Gasteiger partial charge in [-0.25, -0.2) is 0 Å². The number of hydrogen-bond acceptors (Lipinski definition) is 4. The summed E-state index contributed by atoms with van der Waals surface area (Å²) in [6.45, 7) is 4.34. The minimum atomic E-state index is -0.124. The molecule has 0 saturated carbocycles. The molecule has 1 aromatic carbocycles. The maximum atomic E-state index is 6.11. The summed E-state index contributed by atoms with van der Waals surface area (Å²) >= 11 is 0. The summed E-state index contributed by atoms with van der Waals surface area (Å²) in [5.74, 6) is 0.795. The maximum Gasteiger partial charge on any atom is 0.142 e. The first-order valence-corrected chi connectivity index (χ1v) is 7.47. The second-order valence-corrected chi connectivity index (χ2v) is 5.79. The molecule has 0 aromatic heterocycles. The van der Waals surface area contributed by atoms with Gasteiger partial charge in [-0.1, -0.05) is 13.0 Å². The third-order valence-corrected chi connectivity index (χ3v) is 4.29. The van der Waals surface area contributed by atoms with E-state index in [4.69, 9.17) is 19.9 Å². The number of anilines is 1. The van der Waals surface area contributed by atoms with Crippen molar-refractivity contribution in [2.45, 2.75) is 44.3 Å². The van der Waals surface area contributed by atoms with Gasteiger partial charge >= 0.3 is 0 Å². The van der Waals surface area contributed by atoms with Crippen molar-refractivity contribution in [2.75, 3.05) is 25.6 Å². The fourth-order valence-corrected chi connectivity index (χ4v) is 3.05. The van der Waals surface area contributed by atoms with E-state index in [-0.39, 0.29) is 11.7 Å². The van der Waals surface area contributed by atoms with Crippen LogP contribution in [-0.2, 0) is 15.9 Å². The summed E-state index contributed by atoms with van der Waals surface area (Å²) in [4.78, 5) is 0. The van der Waals surface area contributed by atoms with Gasteiger partial charge < -0.3 is 19.9 Å². The molecular weight excluding hydrogens is 254 g/mol. The number of nitrogens with two attached hydrogens (primary N) is 1. The first-order valence-electron chi connectivity index (χ1n) is 7.47. The van der Waals surface area contributed by atoms with Crippen molar-refractivity contribution in [3.8, 4) is 5.75 Å². The molecule has 2 fully saturated rings. The summed E-state index contributed by atoms with van der Waals surface area (Å²) in [6.07, 6.45) is 3.93. The van der Waals surface area contributed by atoms with Crippen LogP contribution in [0.1, 0.15) is 31.7 Å². The third-order valence-electron chi connectivity index (χ3n) is 4.29. The van der Waals surface area contributed by atoms with E-state index in [0.717, 1.165) is 50.3 Å². The molecule has 3 rings (SSSR count). The summed E-state index contributed by atoms with van der Waals surface area (Å²) in [7, 11) is 0. The van der Waals surface area contributed by atoms with Crippen molar-refractivity contribution < 1.29 is 14.2 Å². The van der Waals surface area contributed by atoms with E-state index in [1.165, 1.54) is 5.56 Å². The average Bonchev–Trinajstić information content (AvgIpc) is 2.89. The summed E-state index contributed by atoms with van der Waals surface area (Å²) in [5.41, 5.74) is 7.92. The molecule has 2 heterocycles. The lowest BCUT2D eigenvalue weighted by molar-refractivity contribution is -0.112. The average molecular weight is 277 g/mol. The lowest BCUT2D eigenvalue weighted by atomic mass is 9.91. The Morgan fingerprint density at radius 1 is 1.40 bits per heavy atom. The zero-order valence-corrected chi connectivity index (χ0v) is 12.1. The fraction of sp³-hybridized carbons (Fsp3) is 0.625. The number of nitrogen functional groups attached to an aromatic ring is 1. The van der Waals surface area contributed by atoms with Crippen LogP contribution in [0.15, 0.2) is 18.2 Å². The van der Waals surface area contributed by atoms with Crippen LogP contribution < -0.4 is 10.5 Å². The molecule has 2 saturated heterocycles. The summed E-state index contributed by atoms with van der Waals surface area (Å²) < 4.78 is 17.5. The molecule has 0 amide bonds. The van der Waals surface area contributed by atoms with Crippen LogP contribution in [0.5, 0.6) is 5.75 Å². The second kappa shape index (κ2) is 5.62. The van der Waals surface area contributed by atoms with Gasteiger partial charge in [-0.2, -0.15) is 0 Å². The molecule has 1 spiro atoms. The highest BCUT2D eigenvalue weighted by molar-refractivity contribution is 5.54. The number of rotatable bonds is 3. The molecule has 2 aliphatic heterocycles. The predicted octanol–water partition coefficient (Wildman–Crippen LogP) is 2.55. The van der Waals surface area contributed by atoms with Crippen LogP contribution in [0.3, 0.4) is 0 Å². The fourth-order valence-electron chi connectivity index (χ4n) is 3.05. The molecule has 2 aliphatic rings. The van der Waals surface area contributed by atoms with E-state index in [1.807, 2.05) is 12.1 Å². The molecule has 2 atom stereocenters. The number of aryl methyl sites for hydroxylation is 1. The SMILES string of the molecule is CCc1ccc(OC2CCOC3(CCOC3)C2)c(N)c1. The van der Waals surface area contributed by atoms with Crippen molar-refractivity contribution in [3.05, 3.63) is 23.8 Å². The number of hydrogen-bond donors (Lipinski definition) is 1. The van der Waals surface area contributed by atoms with Crippen LogP contribution in [0.4, 0.5) is 5.69 Å². The molecule has 0 bridgehead atoms. The Kier molecular flexibility index (Phi) is 3.85. The Morgan fingerprint density at radius 3 is 3.00 bits per heavy atom. The Balaban J connectivity index is 1.68. The van der Waals surface area contributed by atoms with Gasteiger partial charge in [-0.3, -0.25) is 0 Å². The molecule has 2 N–H and O–H groups in total. The van der Waals surface area contributed by atoms with Crippen LogP contribution in [-0.4, -0.2) is 31.5 Å². The molecule has 4 nitrogen and oxygen atoms in total. The number of ether oxygens (including phenoxy) is 3. The zero-order valence-electron chi connectivity index (χ0n) is 12.1. The first-order chi connectivity index (χ1) is 9.71. The van der Waals surface area contributed by atoms with Crippen LogP contribution in [0, 0.1) is 0 Å². The molecule has 4 heteroatoms. The molecule has 110 valence electrons. The van der Waals surface area contributed by atoms with Crippen molar-refractivity contribution in [2.24, 2.45) is 0 Å². The first kappa shape index (κ1) is 13.7. The Labute approximate surface area is 120 Å². The lowest BCUT2D eigenvalue weighted by Crippen LogP contribution is -2.44. The van der Waals surface area contributed by atoms with Crippen molar-refractivity contribution in [1.29, 1.82) is 0 Å². The smallest absolute Gasteiger partial charge is 0.142 e. The lowest BCUT2D eigenvalue weighted by Gasteiger charge is -2.37. The van der Waals surface area contributed by atoms with Crippen LogP contribution >= 0.6 is 0 Å². The van der Waals surface area contributed by atoms with Gasteiger partial charge in [0.05, 0.1) is 24.5 Å². The molecule has 2 unspecified atom stereocenters. The molecular formula is C16H23NO3. The quantitative estimate of drug-likeness (QED) is 0.863. The van der Waals surface area contributed by atoms with Crippen LogP contribution in [0.2, 0.25) is 0 Å². The highest BCUT2D eigenvalue weighted by atomic mass is 16.6. The largest absolute Gasteiger partial charge is 0.488 e. The standard InChI is InChI=1S/C16H23NO3/c1-2-12-3-4-15(14(17)9-12)20-13-5-7-19-16(10-13)6-8-18-11-16/h3-4,9,13H,2,5-8,10-11,17H2,1H3. The topological polar surface area (TPSA) is 53.7 Å². The highest BCUT2D eigenvalue weighted by Gasteiger charge is 2.41. The van der Waals surface area contributed by atoms with E-state index in [2.05, 4.69) is 13.0 Å². The van der Waals surface area contributed by atoms with E-state index >= 15 is 0 Å². The monoisotopic (exact) mass is 277 g/mol. The van der Waals surface area contributed by atoms with E-state index in [9.17, 15) is 0 Å². The van der Waals surface area contributed by atoms with E-state index < -0.39 is 0 Å². The van der Waals surface area contributed by atoms with E-state index in [1.54, 1.807) is 0 Å². The van der Waals surface area contributed by atoms with Gasteiger partial charge in [-0.15, -0.1) is 0 Å². The minimum Gasteiger partial charge on any atom is -0.488 e. The molecule has 0 radical (unpaired) electrons. The van der Waals surface area contributed by atoms with Crippen molar-refractivity contribution >= 4 is 5.69 Å². The Hall–Kier alpha value is -1.26. The second-order valence-electron chi connectivity index (χ2n) is 5.79. The van der Waals surface area contributed by atoms with E-state index in [0.29, 0.717) is 6.61 Å². The normalized spacial score (nSPS) is 29.8. The van der Waals surface area contributed by atoms with Gasteiger partial charge in [0, 0.05) is 25.9 Å². The molecule has 0 aliphatic carbocycles. The number of benzene rings is 1. The van der Waals surface area contributed by atoms with Gasteiger partial charge in [0.25, 0.3) is 0 Å². The Bertz CT molecular complexity index is 469. The van der Waals surface area contributed by atoms with Gasteiger partial charge in [0.1, 0.15) is 11.9 Å². The predicted molar refractivity (Wildman–Crippen MR) is 78.0 cm³/mol. The van der Waals surface area contributed by atoms with Crippen LogP contribution in [0.25, 0.3) is 0 Å². The molecule has 1 aromatic rings. The highest BCUT2D eigenvalue weighted by Crippen LogP contribution is 2.35. The minimum absolute atomic E-state index is 0.124. The zero-order chi connectivity index (χ0) is 14.0. The summed E-state index contributed by atoms with van der Waals surface area (Å²) in [5, 5.41) is 0. The maximum absolute atomic E-state index is 6.11. The summed E-state index contributed by atoms with van der Waals surface area (Å²) in [6, 6.07) is 6.07. The third kappa shape index (κ3) is 2.76. The van der Waals surface area contributed by atoms with Gasteiger partial charge in [0.15, 0.2) is 0 Å². The van der Waals surface area contributed by atoms with Gasteiger partial charge in [-0.05, 0) is 24.1 Å². The van der Waals surface area contributed by atoms with Crippen molar-refractivity contribution in [1.82, 2.24) is 0 Å².